The molecule has 4 rings (SSSR count). The third kappa shape index (κ3) is 3.69. The molecule has 0 spiro atoms. The maximum atomic E-state index is 10.0. The molecule has 28 heavy (non-hydrogen) atoms. The molecule has 3 aromatic rings. The van der Waals surface area contributed by atoms with E-state index in [9.17, 15) is 10.4 Å². The van der Waals surface area contributed by atoms with Crippen LogP contribution in [0.3, 0.4) is 0 Å². The monoisotopic (exact) mass is 374 g/mol. The van der Waals surface area contributed by atoms with E-state index in [1.54, 1.807) is 12.3 Å². The first-order chi connectivity index (χ1) is 13.7. The van der Waals surface area contributed by atoms with Crippen LogP contribution in [-0.2, 0) is 0 Å². The maximum absolute atomic E-state index is 10.0. The van der Waals surface area contributed by atoms with Crippen LogP contribution in [0, 0.1) is 11.3 Å². The summed E-state index contributed by atoms with van der Waals surface area (Å²) < 4.78 is 6.26. The number of likely N-dealkylation sites (N-methyl/N-ethyl adjacent to an activating group) is 1. The fourth-order valence-corrected chi connectivity index (χ4v) is 3.48. The topological polar surface area (TPSA) is 81.4 Å². The quantitative estimate of drug-likeness (QED) is 0.689. The van der Waals surface area contributed by atoms with E-state index < -0.39 is 6.23 Å². The van der Waals surface area contributed by atoms with Crippen LogP contribution in [0.25, 0.3) is 21.9 Å². The molecule has 1 fully saturated rings. The Hall–Kier alpha value is -2.98. The van der Waals surface area contributed by atoms with E-state index in [2.05, 4.69) is 22.4 Å². The zero-order chi connectivity index (χ0) is 19.5. The van der Waals surface area contributed by atoms with Gasteiger partial charge in [-0.05, 0) is 53.9 Å². The lowest BCUT2D eigenvalue weighted by atomic mass is 10.00. The van der Waals surface area contributed by atoms with Crippen molar-refractivity contribution in [2.45, 2.75) is 12.3 Å². The summed E-state index contributed by atoms with van der Waals surface area (Å²) in [5, 5.41) is 24.2. The van der Waals surface area contributed by atoms with Gasteiger partial charge in [0.05, 0.1) is 11.6 Å². The Kier molecular flexibility index (Phi) is 5.22. The Balaban J connectivity index is 1.62. The van der Waals surface area contributed by atoms with E-state index in [1.807, 2.05) is 48.5 Å². The second-order valence-corrected chi connectivity index (χ2v) is 7.00. The number of nitrogens with zero attached hydrogens (tertiary/aromatic N) is 3. The number of hydrogen-bond acceptors (Lipinski definition) is 6. The Morgan fingerprint density at radius 2 is 2.14 bits per heavy atom. The Morgan fingerprint density at radius 1 is 1.29 bits per heavy atom. The molecule has 1 atom stereocenters. The molecule has 2 aromatic carbocycles. The number of likely N-dealkylation sites (tertiary alicyclic amines) is 1. The highest BCUT2D eigenvalue weighted by Crippen LogP contribution is 2.34. The number of pyridine rings is 1. The first kappa shape index (κ1) is 18.4. The molecule has 0 amide bonds. The van der Waals surface area contributed by atoms with Gasteiger partial charge in [-0.3, -0.25) is 9.88 Å². The minimum Gasteiger partial charge on any atom is -0.487 e. The summed E-state index contributed by atoms with van der Waals surface area (Å²) >= 11 is 0. The summed E-state index contributed by atoms with van der Waals surface area (Å²) in [5.41, 5.74) is 2.60. The van der Waals surface area contributed by atoms with Crippen LogP contribution in [0.2, 0.25) is 0 Å². The van der Waals surface area contributed by atoms with Gasteiger partial charge in [-0.1, -0.05) is 12.1 Å². The highest BCUT2D eigenvalue weighted by atomic mass is 16.5. The molecular formula is C22H22N4O2. The number of fused-ring (bicyclic) bond motifs is 1. The van der Waals surface area contributed by atoms with E-state index in [1.165, 1.54) is 0 Å². The zero-order valence-corrected chi connectivity index (χ0v) is 15.7. The molecule has 1 unspecified atom stereocenters. The summed E-state index contributed by atoms with van der Waals surface area (Å²) in [7, 11) is 1.82. The van der Waals surface area contributed by atoms with E-state index in [4.69, 9.17) is 4.74 Å². The van der Waals surface area contributed by atoms with Crippen molar-refractivity contribution >= 4 is 10.8 Å². The van der Waals surface area contributed by atoms with Crippen molar-refractivity contribution in [2.75, 3.05) is 26.7 Å². The second kappa shape index (κ2) is 7.95. The molecule has 0 bridgehead atoms. The minimum absolute atomic E-state index is 0.0237. The highest BCUT2D eigenvalue weighted by molar-refractivity contribution is 5.92. The van der Waals surface area contributed by atoms with Crippen LogP contribution in [0.5, 0.6) is 5.75 Å². The summed E-state index contributed by atoms with van der Waals surface area (Å²) in [5.74, 6) is 0.774. The van der Waals surface area contributed by atoms with Gasteiger partial charge in [0.1, 0.15) is 18.1 Å². The molecule has 6 heteroatoms. The fourth-order valence-electron chi connectivity index (χ4n) is 3.48. The highest BCUT2D eigenvalue weighted by Gasteiger charge is 2.33. The molecule has 1 saturated heterocycles. The van der Waals surface area contributed by atoms with Crippen LogP contribution in [0.15, 0.2) is 54.9 Å². The number of hydrogen-bond donors (Lipinski definition) is 2. The SMILES string of the molecule is CNCC(O)N1CC(Oc2cc(-c3cccc(C#N)c3)cc3ccncc23)C1. The van der Waals surface area contributed by atoms with Gasteiger partial charge >= 0.3 is 0 Å². The first-order valence-corrected chi connectivity index (χ1v) is 9.29. The molecule has 1 aliphatic heterocycles. The first-order valence-electron chi connectivity index (χ1n) is 9.29. The van der Waals surface area contributed by atoms with E-state index >= 15 is 0 Å². The standard InChI is InChI=1S/C22H22N4O2/c1-24-12-22(27)26-13-19(14-26)28-21-9-18(8-17-5-6-25-11-20(17)21)16-4-2-3-15(7-16)10-23/h2-9,11,19,22,24,27H,12-14H2,1H3. The van der Waals surface area contributed by atoms with Crippen LogP contribution >= 0.6 is 0 Å². The number of nitrogens with one attached hydrogen (secondary N) is 1. The predicted octanol–water partition coefficient (Wildman–Crippen LogP) is 2.37. The van der Waals surface area contributed by atoms with E-state index in [-0.39, 0.29) is 6.10 Å². The fraction of sp³-hybridized carbons (Fsp3) is 0.273. The van der Waals surface area contributed by atoms with Crippen molar-refractivity contribution in [1.29, 1.82) is 5.26 Å². The predicted molar refractivity (Wildman–Crippen MR) is 108 cm³/mol. The number of aliphatic hydroxyl groups excluding tert-OH is 1. The molecule has 142 valence electrons. The van der Waals surface area contributed by atoms with Crippen molar-refractivity contribution in [1.82, 2.24) is 15.2 Å². The third-order valence-corrected chi connectivity index (χ3v) is 5.02. The molecule has 2 heterocycles. The summed E-state index contributed by atoms with van der Waals surface area (Å²) in [6.45, 7) is 1.89. The minimum atomic E-state index is -0.497. The van der Waals surface area contributed by atoms with Gasteiger partial charge in [0.25, 0.3) is 0 Å². The van der Waals surface area contributed by atoms with Crippen molar-refractivity contribution in [3.8, 4) is 22.9 Å². The molecule has 1 aromatic heterocycles. The number of rotatable bonds is 6. The number of nitriles is 1. The number of aliphatic hydroxyl groups is 1. The average molecular weight is 374 g/mol. The van der Waals surface area contributed by atoms with Gasteiger partial charge in [0, 0.05) is 37.4 Å². The number of ether oxygens (including phenoxy) is 1. The van der Waals surface area contributed by atoms with Crippen molar-refractivity contribution in [2.24, 2.45) is 0 Å². The number of aromatic nitrogens is 1. The summed E-state index contributed by atoms with van der Waals surface area (Å²) in [4.78, 5) is 6.21. The average Bonchev–Trinajstić information content (AvgIpc) is 2.70. The van der Waals surface area contributed by atoms with Gasteiger partial charge in [-0.25, -0.2) is 0 Å². The molecule has 0 saturated carbocycles. The van der Waals surface area contributed by atoms with Crippen LogP contribution < -0.4 is 10.1 Å². The van der Waals surface area contributed by atoms with Crippen LogP contribution in [-0.4, -0.2) is 54.0 Å². The second-order valence-electron chi connectivity index (χ2n) is 7.00. The lowest BCUT2D eigenvalue weighted by Gasteiger charge is -2.41. The Morgan fingerprint density at radius 3 is 2.93 bits per heavy atom. The molecule has 6 nitrogen and oxygen atoms in total. The molecule has 1 aliphatic rings. The lowest BCUT2D eigenvalue weighted by Crippen LogP contribution is -2.59. The third-order valence-electron chi connectivity index (χ3n) is 5.02. The lowest BCUT2D eigenvalue weighted by molar-refractivity contribution is -0.0870. The maximum Gasteiger partial charge on any atom is 0.129 e. The van der Waals surface area contributed by atoms with Gasteiger partial charge in [-0.15, -0.1) is 0 Å². The van der Waals surface area contributed by atoms with Crippen LogP contribution in [0.1, 0.15) is 5.56 Å². The molecule has 2 N–H and O–H groups in total. The summed E-state index contributed by atoms with van der Waals surface area (Å²) in [6, 6.07) is 15.8. The Labute approximate surface area is 164 Å². The summed E-state index contributed by atoms with van der Waals surface area (Å²) in [6.07, 6.45) is 3.10. The Bertz CT molecular complexity index is 1020. The van der Waals surface area contributed by atoms with Crippen molar-refractivity contribution < 1.29 is 9.84 Å². The normalized spacial score (nSPS) is 15.8. The number of benzene rings is 2. The van der Waals surface area contributed by atoms with Gasteiger partial charge in [-0.2, -0.15) is 5.26 Å². The van der Waals surface area contributed by atoms with Crippen molar-refractivity contribution in [3.05, 3.63) is 60.4 Å². The smallest absolute Gasteiger partial charge is 0.129 e. The van der Waals surface area contributed by atoms with Gasteiger partial charge < -0.3 is 15.2 Å². The van der Waals surface area contributed by atoms with Crippen molar-refractivity contribution in [3.63, 3.8) is 0 Å². The van der Waals surface area contributed by atoms with Gasteiger partial charge in [0.15, 0.2) is 0 Å². The van der Waals surface area contributed by atoms with Crippen LogP contribution in [0.4, 0.5) is 0 Å². The molecule has 0 radical (unpaired) electrons. The molecule has 0 aliphatic carbocycles. The van der Waals surface area contributed by atoms with E-state index in [0.717, 1.165) is 27.6 Å². The molecular weight excluding hydrogens is 352 g/mol. The zero-order valence-electron chi connectivity index (χ0n) is 15.7. The van der Waals surface area contributed by atoms with Gasteiger partial charge in [0.2, 0.25) is 0 Å². The largest absolute Gasteiger partial charge is 0.487 e. The van der Waals surface area contributed by atoms with E-state index in [0.29, 0.717) is 25.2 Å².